The van der Waals surface area contributed by atoms with Crippen LogP contribution in [0.4, 0.5) is 0 Å². The quantitative estimate of drug-likeness (QED) is 0.536. The molecule has 3 N–H and O–H groups in total. The highest BCUT2D eigenvalue weighted by Crippen LogP contribution is 2.11. The first kappa shape index (κ1) is 11.3. The molecule has 0 saturated heterocycles. The molecule has 0 saturated carbocycles. The first-order valence-electron chi connectivity index (χ1n) is 4.54. The summed E-state index contributed by atoms with van der Waals surface area (Å²) in [5, 5.41) is 8.84. The Hall–Kier alpha value is -1.75. The number of nitrogens with two attached hydrogens (primary N) is 1. The molecule has 0 spiro atoms. The van der Waals surface area contributed by atoms with Crippen LogP contribution in [0.2, 0.25) is 0 Å². The third-order valence-corrected chi connectivity index (χ3v) is 2.03. The summed E-state index contributed by atoms with van der Waals surface area (Å²) in [5.41, 5.74) is 5.61. The van der Waals surface area contributed by atoms with E-state index in [2.05, 4.69) is 4.98 Å². The maximum Gasteiger partial charge on any atom is 0.314 e. The van der Waals surface area contributed by atoms with Crippen LogP contribution in [-0.2, 0) is 4.79 Å². The highest BCUT2D eigenvalue weighted by molar-refractivity contribution is 6.08. The molecule has 0 radical (unpaired) electrons. The van der Waals surface area contributed by atoms with Gasteiger partial charge in [0.15, 0.2) is 5.78 Å². The van der Waals surface area contributed by atoms with Crippen molar-refractivity contribution in [1.82, 2.24) is 4.98 Å². The number of carboxylic acid groups (broad SMARTS) is 1. The first-order chi connectivity index (χ1) is 7.16. The monoisotopic (exact) mass is 208 g/mol. The molecule has 0 bridgehead atoms. The number of hydrogen-bond acceptors (Lipinski definition) is 4. The molecule has 0 fully saturated rings. The standard InChI is InChI=1S/C10H12N2O3/c11-4-1-8(10(14)15)9(13)7-2-5-12-6-3-7/h2-3,5-6,8H,1,4,11H2,(H,14,15). The minimum absolute atomic E-state index is 0.149. The summed E-state index contributed by atoms with van der Waals surface area (Å²) in [6.07, 6.45) is 3.06. The number of carboxylic acids is 1. The lowest BCUT2D eigenvalue weighted by atomic mass is 9.95. The van der Waals surface area contributed by atoms with Crippen molar-refractivity contribution in [3.8, 4) is 0 Å². The molecule has 5 nitrogen and oxygen atoms in total. The minimum Gasteiger partial charge on any atom is -0.481 e. The molecule has 1 rings (SSSR count). The fraction of sp³-hybridized carbons (Fsp3) is 0.300. The van der Waals surface area contributed by atoms with E-state index in [1.807, 2.05) is 0 Å². The van der Waals surface area contributed by atoms with Gasteiger partial charge in [-0.15, -0.1) is 0 Å². The van der Waals surface area contributed by atoms with E-state index in [0.717, 1.165) is 0 Å². The lowest BCUT2D eigenvalue weighted by molar-refractivity contribution is -0.140. The zero-order valence-electron chi connectivity index (χ0n) is 8.09. The molecule has 1 heterocycles. The van der Waals surface area contributed by atoms with Gasteiger partial charge in [0, 0.05) is 18.0 Å². The van der Waals surface area contributed by atoms with Crippen molar-refractivity contribution in [2.24, 2.45) is 11.7 Å². The predicted octanol–water partition coefficient (Wildman–Crippen LogP) is 0.314. The van der Waals surface area contributed by atoms with Crippen molar-refractivity contribution in [2.75, 3.05) is 6.54 Å². The number of nitrogens with zero attached hydrogens (tertiary/aromatic N) is 1. The van der Waals surface area contributed by atoms with E-state index < -0.39 is 17.7 Å². The van der Waals surface area contributed by atoms with E-state index in [9.17, 15) is 9.59 Å². The van der Waals surface area contributed by atoms with E-state index in [4.69, 9.17) is 10.8 Å². The van der Waals surface area contributed by atoms with Gasteiger partial charge < -0.3 is 10.8 Å². The average molecular weight is 208 g/mol. The summed E-state index contributed by atoms with van der Waals surface area (Å²) >= 11 is 0. The number of ketones is 1. The van der Waals surface area contributed by atoms with Gasteiger partial charge >= 0.3 is 5.97 Å². The second-order valence-electron chi connectivity index (χ2n) is 3.07. The van der Waals surface area contributed by atoms with Crippen LogP contribution in [0.25, 0.3) is 0 Å². The number of aromatic nitrogens is 1. The van der Waals surface area contributed by atoms with Crippen molar-refractivity contribution in [2.45, 2.75) is 6.42 Å². The van der Waals surface area contributed by atoms with Gasteiger partial charge in [0.05, 0.1) is 0 Å². The van der Waals surface area contributed by atoms with Crippen LogP contribution < -0.4 is 5.73 Å². The zero-order valence-corrected chi connectivity index (χ0v) is 8.09. The van der Waals surface area contributed by atoms with E-state index in [1.165, 1.54) is 24.5 Å². The highest BCUT2D eigenvalue weighted by atomic mass is 16.4. The number of carbonyl (C=O) groups excluding carboxylic acids is 1. The normalized spacial score (nSPS) is 12.1. The Morgan fingerprint density at radius 3 is 2.47 bits per heavy atom. The van der Waals surface area contributed by atoms with Crippen molar-refractivity contribution < 1.29 is 14.7 Å². The predicted molar refractivity (Wildman–Crippen MR) is 53.4 cm³/mol. The van der Waals surface area contributed by atoms with Crippen molar-refractivity contribution in [3.05, 3.63) is 30.1 Å². The third kappa shape index (κ3) is 2.85. The van der Waals surface area contributed by atoms with Gasteiger partial charge in [-0.1, -0.05) is 0 Å². The van der Waals surface area contributed by atoms with Gasteiger partial charge in [-0.05, 0) is 25.1 Å². The molecule has 1 unspecified atom stereocenters. The van der Waals surface area contributed by atoms with Gasteiger partial charge in [0.1, 0.15) is 5.92 Å². The summed E-state index contributed by atoms with van der Waals surface area (Å²) in [6.45, 7) is 0.174. The second-order valence-corrected chi connectivity index (χ2v) is 3.07. The largest absolute Gasteiger partial charge is 0.481 e. The molecule has 1 aromatic heterocycles. The maximum atomic E-state index is 11.7. The Kier molecular flexibility index (Phi) is 3.93. The van der Waals surface area contributed by atoms with E-state index in [-0.39, 0.29) is 13.0 Å². The van der Waals surface area contributed by atoms with Crippen LogP contribution in [0, 0.1) is 5.92 Å². The summed E-state index contributed by atoms with van der Waals surface area (Å²) in [7, 11) is 0. The molecule has 1 aromatic rings. The summed E-state index contributed by atoms with van der Waals surface area (Å²) < 4.78 is 0. The average Bonchev–Trinajstić information content (AvgIpc) is 2.26. The molecule has 15 heavy (non-hydrogen) atoms. The van der Waals surface area contributed by atoms with Crippen LogP contribution in [0.5, 0.6) is 0 Å². The molecule has 80 valence electrons. The van der Waals surface area contributed by atoms with Crippen molar-refractivity contribution in [1.29, 1.82) is 0 Å². The number of rotatable bonds is 5. The number of aliphatic carboxylic acids is 1. The van der Waals surface area contributed by atoms with Crippen LogP contribution >= 0.6 is 0 Å². The highest BCUT2D eigenvalue weighted by Gasteiger charge is 2.26. The van der Waals surface area contributed by atoms with Gasteiger partial charge in [0.25, 0.3) is 0 Å². The molecule has 0 aliphatic rings. The molecular weight excluding hydrogens is 196 g/mol. The van der Waals surface area contributed by atoms with Crippen molar-refractivity contribution >= 4 is 11.8 Å². The van der Waals surface area contributed by atoms with Gasteiger partial charge in [-0.25, -0.2) is 0 Å². The van der Waals surface area contributed by atoms with E-state index >= 15 is 0 Å². The van der Waals surface area contributed by atoms with Crippen LogP contribution in [0.1, 0.15) is 16.8 Å². The van der Waals surface area contributed by atoms with E-state index in [0.29, 0.717) is 5.56 Å². The maximum absolute atomic E-state index is 11.7. The molecule has 0 aliphatic carbocycles. The van der Waals surface area contributed by atoms with Gasteiger partial charge in [0.2, 0.25) is 0 Å². The molecule has 0 aromatic carbocycles. The Morgan fingerprint density at radius 2 is 2.00 bits per heavy atom. The van der Waals surface area contributed by atoms with Crippen LogP contribution in [-0.4, -0.2) is 28.4 Å². The number of pyridine rings is 1. The van der Waals surface area contributed by atoms with E-state index in [1.54, 1.807) is 0 Å². The topological polar surface area (TPSA) is 93.3 Å². The van der Waals surface area contributed by atoms with Crippen molar-refractivity contribution in [3.63, 3.8) is 0 Å². The third-order valence-electron chi connectivity index (χ3n) is 2.03. The SMILES string of the molecule is NCCC(C(=O)O)C(=O)c1ccncc1. The summed E-state index contributed by atoms with van der Waals surface area (Å²) in [6, 6.07) is 2.99. The van der Waals surface area contributed by atoms with Gasteiger partial charge in [-0.2, -0.15) is 0 Å². The smallest absolute Gasteiger partial charge is 0.314 e. The Bertz CT molecular complexity index is 351. The number of carbonyl (C=O) groups is 2. The zero-order chi connectivity index (χ0) is 11.3. The van der Waals surface area contributed by atoms with Crippen LogP contribution in [0.15, 0.2) is 24.5 Å². The fourth-order valence-electron chi connectivity index (χ4n) is 1.25. The Morgan fingerprint density at radius 1 is 1.40 bits per heavy atom. The molecule has 1 atom stereocenters. The summed E-state index contributed by atoms with van der Waals surface area (Å²) in [5.74, 6) is -2.62. The lowest BCUT2D eigenvalue weighted by Crippen LogP contribution is -2.26. The Labute approximate surface area is 86.9 Å². The van der Waals surface area contributed by atoms with Gasteiger partial charge in [-0.3, -0.25) is 14.6 Å². The van der Waals surface area contributed by atoms with Crippen LogP contribution in [0.3, 0.4) is 0 Å². The molecule has 0 amide bonds. The fourth-order valence-corrected chi connectivity index (χ4v) is 1.25. The first-order valence-corrected chi connectivity index (χ1v) is 4.54. The number of hydrogen-bond donors (Lipinski definition) is 2. The summed E-state index contributed by atoms with van der Waals surface area (Å²) in [4.78, 5) is 26.3. The lowest BCUT2D eigenvalue weighted by Gasteiger charge is -2.09. The minimum atomic E-state index is -1.14. The molecule has 5 heteroatoms. The Balaban J connectivity index is 2.86. The second kappa shape index (κ2) is 5.21. The molecule has 0 aliphatic heterocycles. The number of Topliss-reactive ketones (excluding diaryl/α,β-unsaturated/α-hetero) is 1. The molecular formula is C10H12N2O3.